The molecule has 262 valence electrons. The first kappa shape index (κ1) is 31.8. The molecule has 0 amide bonds. The Bertz CT molecular complexity index is 3240. The van der Waals surface area contributed by atoms with E-state index >= 15 is 0 Å². The molecule has 0 fully saturated rings. The third-order valence-corrected chi connectivity index (χ3v) is 10.5. The predicted molar refractivity (Wildman–Crippen MR) is 226 cm³/mol. The summed E-state index contributed by atoms with van der Waals surface area (Å²) in [6.45, 7) is 0. The van der Waals surface area contributed by atoms with Gasteiger partial charge >= 0.3 is 0 Å². The third kappa shape index (κ3) is 5.27. The highest BCUT2D eigenvalue weighted by molar-refractivity contribution is 6.13. The van der Waals surface area contributed by atoms with Gasteiger partial charge in [-0.25, -0.2) is 19.5 Å². The number of para-hydroxylation sites is 1. The molecule has 11 aromatic rings. The molecule has 6 heteroatoms. The van der Waals surface area contributed by atoms with Crippen molar-refractivity contribution in [2.24, 2.45) is 0 Å². The molecule has 4 heterocycles. The maximum atomic E-state index is 6.15. The zero-order valence-corrected chi connectivity index (χ0v) is 30.0. The van der Waals surface area contributed by atoms with Crippen molar-refractivity contribution >= 4 is 38.2 Å². The first-order valence-electron chi connectivity index (χ1n) is 18.6. The van der Waals surface area contributed by atoms with Crippen LogP contribution in [0.15, 0.2) is 193 Å². The van der Waals surface area contributed by atoms with Gasteiger partial charge in [0.05, 0.1) is 17.4 Å². The monoisotopic (exact) mass is 717 g/mol. The summed E-state index contributed by atoms with van der Waals surface area (Å²) in [4.78, 5) is 15.3. The molecule has 0 spiro atoms. The SMILES string of the molecule is c1ccc(-c2nc(-c3cccc(-c4c(-c5ccccc5)n5ncc(-c6ccccc6)c5c5ccccc45)c3)nc(-c3ccc4oc5ccccc5c4c3)n2)cc1. The smallest absolute Gasteiger partial charge is 0.164 e. The van der Waals surface area contributed by atoms with Crippen molar-refractivity contribution in [1.29, 1.82) is 0 Å². The van der Waals surface area contributed by atoms with Crippen molar-refractivity contribution in [2.75, 3.05) is 0 Å². The maximum absolute atomic E-state index is 6.15. The van der Waals surface area contributed by atoms with Crippen molar-refractivity contribution in [3.8, 4) is 67.7 Å². The highest BCUT2D eigenvalue weighted by Gasteiger charge is 2.22. The first-order valence-corrected chi connectivity index (χ1v) is 18.6. The quantitative estimate of drug-likeness (QED) is 0.171. The van der Waals surface area contributed by atoms with Crippen LogP contribution in [0.3, 0.4) is 0 Å². The van der Waals surface area contributed by atoms with Crippen molar-refractivity contribution < 1.29 is 4.42 Å². The second-order valence-corrected chi connectivity index (χ2v) is 13.9. The molecule has 0 atom stereocenters. The van der Waals surface area contributed by atoms with E-state index in [4.69, 9.17) is 24.5 Å². The maximum Gasteiger partial charge on any atom is 0.164 e. The molecule has 0 saturated carbocycles. The van der Waals surface area contributed by atoms with Crippen LogP contribution in [0.2, 0.25) is 0 Å². The van der Waals surface area contributed by atoms with Crippen LogP contribution in [0.1, 0.15) is 0 Å². The molecule has 0 radical (unpaired) electrons. The zero-order chi connectivity index (χ0) is 37.0. The van der Waals surface area contributed by atoms with E-state index in [-0.39, 0.29) is 0 Å². The molecule has 0 bridgehead atoms. The Morgan fingerprint density at radius 2 is 0.911 bits per heavy atom. The van der Waals surface area contributed by atoms with Gasteiger partial charge in [-0.2, -0.15) is 5.10 Å². The Morgan fingerprint density at radius 1 is 0.375 bits per heavy atom. The van der Waals surface area contributed by atoms with Gasteiger partial charge in [-0.15, -0.1) is 0 Å². The van der Waals surface area contributed by atoms with Gasteiger partial charge in [0.15, 0.2) is 17.5 Å². The van der Waals surface area contributed by atoms with E-state index in [9.17, 15) is 0 Å². The summed E-state index contributed by atoms with van der Waals surface area (Å²) in [7, 11) is 0. The van der Waals surface area contributed by atoms with Crippen molar-refractivity contribution in [3.63, 3.8) is 0 Å². The predicted octanol–water partition coefficient (Wildman–Crippen LogP) is 12.6. The molecule has 0 saturated heterocycles. The number of nitrogens with zero attached hydrogens (tertiary/aromatic N) is 5. The summed E-state index contributed by atoms with van der Waals surface area (Å²) < 4.78 is 8.27. The number of hydrogen-bond acceptors (Lipinski definition) is 5. The van der Waals surface area contributed by atoms with Gasteiger partial charge in [-0.1, -0.05) is 152 Å². The van der Waals surface area contributed by atoms with E-state index in [0.29, 0.717) is 17.5 Å². The Balaban J connectivity index is 1.14. The second-order valence-electron chi connectivity index (χ2n) is 13.9. The molecule has 56 heavy (non-hydrogen) atoms. The van der Waals surface area contributed by atoms with Gasteiger partial charge in [0.2, 0.25) is 0 Å². The Morgan fingerprint density at radius 3 is 1.64 bits per heavy atom. The van der Waals surface area contributed by atoms with Crippen molar-refractivity contribution in [2.45, 2.75) is 0 Å². The van der Waals surface area contributed by atoms with Crippen LogP contribution in [0.25, 0.3) is 106 Å². The lowest BCUT2D eigenvalue weighted by molar-refractivity contribution is 0.669. The number of aromatic nitrogens is 5. The topological polar surface area (TPSA) is 69.1 Å². The van der Waals surface area contributed by atoms with Crippen LogP contribution in [-0.2, 0) is 0 Å². The molecule has 0 aliphatic heterocycles. The molecule has 6 nitrogen and oxygen atoms in total. The van der Waals surface area contributed by atoms with Gasteiger partial charge in [0, 0.05) is 49.5 Å². The van der Waals surface area contributed by atoms with Crippen LogP contribution in [0.5, 0.6) is 0 Å². The molecule has 0 N–H and O–H groups in total. The summed E-state index contributed by atoms with van der Waals surface area (Å²) in [5, 5.41) is 9.43. The van der Waals surface area contributed by atoms with E-state index in [1.165, 1.54) is 0 Å². The van der Waals surface area contributed by atoms with E-state index < -0.39 is 0 Å². The van der Waals surface area contributed by atoms with Gasteiger partial charge in [0.1, 0.15) is 11.2 Å². The molecule has 4 aromatic heterocycles. The number of hydrogen-bond donors (Lipinski definition) is 0. The van der Waals surface area contributed by atoms with Crippen molar-refractivity contribution in [1.82, 2.24) is 24.6 Å². The fourth-order valence-corrected chi connectivity index (χ4v) is 7.93. The van der Waals surface area contributed by atoms with Crippen LogP contribution in [0, 0.1) is 0 Å². The molecular weight excluding hydrogens is 687 g/mol. The number of furan rings is 1. The Labute approximate surface area is 322 Å². The highest BCUT2D eigenvalue weighted by Crippen LogP contribution is 2.43. The Hall–Kier alpha value is -7.70. The molecule has 0 aliphatic carbocycles. The van der Waals surface area contributed by atoms with Gasteiger partial charge in [-0.3, -0.25) is 0 Å². The molecule has 0 unspecified atom stereocenters. The number of benzene rings is 7. The fraction of sp³-hybridized carbons (Fsp3) is 0. The van der Waals surface area contributed by atoms with E-state index in [1.54, 1.807) is 0 Å². The van der Waals surface area contributed by atoms with E-state index in [2.05, 4.69) is 120 Å². The standard InChI is InChI=1S/C50H31N5O/c1-4-15-32(16-5-1)42-31-51-55-46(33-17-6-2-7-18-33)45(39-24-10-11-25-40(39)47(42)55)35-21-14-22-36(29-35)49-52-48(34-19-8-3-9-20-34)53-50(54-49)37-27-28-44-41(30-37)38-23-12-13-26-43(38)56-44/h1-31H. The molecule has 0 aliphatic rings. The summed E-state index contributed by atoms with van der Waals surface area (Å²) in [6.07, 6.45) is 1.99. The van der Waals surface area contributed by atoms with Gasteiger partial charge < -0.3 is 4.42 Å². The number of rotatable bonds is 6. The Kier molecular flexibility index (Phi) is 7.38. The number of pyridine rings is 1. The lowest BCUT2D eigenvalue weighted by Crippen LogP contribution is -2.01. The van der Waals surface area contributed by atoms with Gasteiger partial charge in [0.25, 0.3) is 0 Å². The summed E-state index contributed by atoms with van der Waals surface area (Å²) in [5.41, 5.74) is 11.8. The normalized spacial score (nSPS) is 11.6. The lowest BCUT2D eigenvalue weighted by Gasteiger charge is -2.18. The average molecular weight is 718 g/mol. The second kappa shape index (κ2) is 13.0. The van der Waals surface area contributed by atoms with Crippen molar-refractivity contribution in [3.05, 3.63) is 188 Å². The minimum Gasteiger partial charge on any atom is -0.456 e. The molecule has 7 aromatic carbocycles. The minimum atomic E-state index is 0.588. The lowest BCUT2D eigenvalue weighted by atomic mass is 9.91. The van der Waals surface area contributed by atoms with Crippen LogP contribution in [-0.4, -0.2) is 24.6 Å². The van der Waals surface area contributed by atoms with Crippen LogP contribution >= 0.6 is 0 Å². The summed E-state index contributed by atoms with van der Waals surface area (Å²) in [5.74, 6) is 1.79. The highest BCUT2D eigenvalue weighted by atomic mass is 16.3. The molecular formula is C50H31N5O. The first-order chi connectivity index (χ1) is 27.8. The fourth-order valence-electron chi connectivity index (χ4n) is 7.93. The minimum absolute atomic E-state index is 0.588. The van der Waals surface area contributed by atoms with E-state index in [1.807, 2.05) is 72.9 Å². The van der Waals surface area contributed by atoms with Gasteiger partial charge in [-0.05, 0) is 46.8 Å². The molecule has 11 rings (SSSR count). The van der Waals surface area contributed by atoms with Crippen LogP contribution < -0.4 is 0 Å². The summed E-state index contributed by atoms with van der Waals surface area (Å²) >= 11 is 0. The largest absolute Gasteiger partial charge is 0.456 e. The third-order valence-electron chi connectivity index (χ3n) is 10.5. The summed E-state index contributed by atoms with van der Waals surface area (Å²) in [6, 6.07) is 62.5. The van der Waals surface area contributed by atoms with Crippen LogP contribution in [0.4, 0.5) is 0 Å². The average Bonchev–Trinajstić information content (AvgIpc) is 3.89. The zero-order valence-electron chi connectivity index (χ0n) is 30.0. The van der Waals surface area contributed by atoms with E-state index in [0.717, 1.165) is 88.4 Å². The number of fused-ring (bicyclic) bond motifs is 6.